The van der Waals surface area contributed by atoms with E-state index in [4.69, 9.17) is 4.74 Å². The molecule has 26 heavy (non-hydrogen) atoms. The zero-order chi connectivity index (χ0) is 18.3. The molecule has 1 aliphatic rings. The van der Waals surface area contributed by atoms with E-state index in [0.717, 1.165) is 5.69 Å². The van der Waals surface area contributed by atoms with Gasteiger partial charge in [-0.3, -0.25) is 14.5 Å². The predicted molar refractivity (Wildman–Crippen MR) is 92.1 cm³/mol. The van der Waals surface area contributed by atoms with Crippen molar-refractivity contribution in [2.45, 2.75) is 13.0 Å². The first-order valence-corrected chi connectivity index (χ1v) is 8.06. The first kappa shape index (κ1) is 16.0. The van der Waals surface area contributed by atoms with Gasteiger partial charge in [-0.15, -0.1) is 5.10 Å². The van der Waals surface area contributed by atoms with E-state index in [-0.39, 0.29) is 18.3 Å². The molecule has 0 spiro atoms. The first-order chi connectivity index (χ1) is 12.6. The van der Waals surface area contributed by atoms with E-state index < -0.39 is 12.0 Å². The molecule has 132 valence electrons. The smallest absolute Gasteiger partial charge is 0.298 e. The summed E-state index contributed by atoms with van der Waals surface area (Å²) >= 11 is 0. The number of likely N-dealkylation sites (N-methyl/N-ethyl adjacent to an activating group) is 1. The topological polar surface area (TPSA) is 102 Å². The number of ether oxygens (including phenoxy) is 1. The van der Waals surface area contributed by atoms with Gasteiger partial charge in [-0.25, -0.2) is 9.50 Å². The lowest BCUT2D eigenvalue weighted by Crippen LogP contribution is -2.50. The lowest BCUT2D eigenvalue weighted by Gasteiger charge is -2.33. The minimum Gasteiger partial charge on any atom is -0.477 e. The fraction of sp³-hybridized carbons (Fsp3) is 0.235. The molecule has 2 amide bonds. The Morgan fingerprint density at radius 3 is 2.85 bits per heavy atom. The average molecular weight is 352 g/mol. The molecular weight excluding hydrogens is 336 g/mol. The van der Waals surface area contributed by atoms with E-state index in [9.17, 15) is 9.59 Å². The number of aromatic nitrogens is 4. The van der Waals surface area contributed by atoms with Gasteiger partial charge in [0.25, 0.3) is 17.6 Å². The summed E-state index contributed by atoms with van der Waals surface area (Å²) in [7, 11) is 1.52. The Balaban J connectivity index is 1.75. The maximum Gasteiger partial charge on any atom is 0.298 e. The number of amides is 2. The molecule has 1 atom stereocenters. The number of carbonyl (C=O) groups excluding carboxylic acids is 2. The third-order valence-electron chi connectivity index (χ3n) is 4.18. The van der Waals surface area contributed by atoms with E-state index in [1.807, 2.05) is 6.92 Å². The summed E-state index contributed by atoms with van der Waals surface area (Å²) in [5, 5.41) is 6.81. The molecule has 1 unspecified atom stereocenters. The molecule has 2 aromatic heterocycles. The van der Waals surface area contributed by atoms with Crippen molar-refractivity contribution in [2.24, 2.45) is 0 Å². The molecule has 4 rings (SSSR count). The van der Waals surface area contributed by atoms with Gasteiger partial charge in [-0.1, -0.05) is 12.1 Å². The second-order valence-corrected chi connectivity index (χ2v) is 5.84. The molecule has 9 heteroatoms. The van der Waals surface area contributed by atoms with Crippen LogP contribution >= 0.6 is 0 Å². The Morgan fingerprint density at radius 1 is 1.27 bits per heavy atom. The van der Waals surface area contributed by atoms with Crippen molar-refractivity contribution in [3.05, 3.63) is 48.0 Å². The summed E-state index contributed by atoms with van der Waals surface area (Å²) in [6.07, 6.45) is 0.801. The predicted octanol–water partition coefficient (Wildman–Crippen LogP) is 0.587. The summed E-state index contributed by atoms with van der Waals surface area (Å²) in [6, 6.07) is 8.83. The number of rotatable bonds is 2. The molecular formula is C17H16N6O3. The zero-order valence-electron chi connectivity index (χ0n) is 14.2. The van der Waals surface area contributed by atoms with Crippen molar-refractivity contribution in [3.63, 3.8) is 0 Å². The van der Waals surface area contributed by atoms with Gasteiger partial charge in [0.15, 0.2) is 6.10 Å². The van der Waals surface area contributed by atoms with Gasteiger partial charge in [-0.2, -0.15) is 4.98 Å². The highest BCUT2D eigenvalue weighted by Gasteiger charge is 2.35. The standard InChI is InChI=1S/C17H16N6O3/c1-10-7-8-19-17-20-14(21-23(10)17)16(25)22-9-13(15(24)18-2)26-12-6-4-3-5-11(12)22/h3-8,13H,9H2,1-2H3,(H,18,24). The van der Waals surface area contributed by atoms with Crippen molar-refractivity contribution in [2.75, 3.05) is 18.5 Å². The Bertz CT molecular complexity index is 1010. The molecule has 0 radical (unpaired) electrons. The minimum absolute atomic E-state index is 0.0131. The fourth-order valence-electron chi connectivity index (χ4n) is 2.84. The Morgan fingerprint density at radius 2 is 2.08 bits per heavy atom. The summed E-state index contributed by atoms with van der Waals surface area (Å²) < 4.78 is 7.22. The molecule has 3 aromatic rings. The fourth-order valence-corrected chi connectivity index (χ4v) is 2.84. The molecule has 1 aliphatic heterocycles. The molecule has 0 fully saturated rings. The van der Waals surface area contributed by atoms with Gasteiger partial charge in [0.05, 0.1) is 12.2 Å². The number of fused-ring (bicyclic) bond motifs is 2. The van der Waals surface area contributed by atoms with Crippen molar-refractivity contribution in [1.29, 1.82) is 0 Å². The lowest BCUT2D eigenvalue weighted by molar-refractivity contribution is -0.127. The zero-order valence-corrected chi connectivity index (χ0v) is 14.2. The van der Waals surface area contributed by atoms with E-state index in [1.54, 1.807) is 36.5 Å². The summed E-state index contributed by atoms with van der Waals surface area (Å²) in [5.41, 5.74) is 1.38. The molecule has 0 bridgehead atoms. The van der Waals surface area contributed by atoms with Gasteiger partial charge < -0.3 is 10.1 Å². The normalized spacial score (nSPS) is 16.1. The molecule has 0 saturated heterocycles. The average Bonchev–Trinajstić information content (AvgIpc) is 3.11. The Kier molecular flexibility index (Phi) is 3.76. The van der Waals surface area contributed by atoms with Crippen LogP contribution in [-0.4, -0.2) is 51.1 Å². The molecule has 1 aromatic carbocycles. The van der Waals surface area contributed by atoms with Crippen LogP contribution < -0.4 is 15.0 Å². The second-order valence-electron chi connectivity index (χ2n) is 5.84. The molecule has 3 heterocycles. The van der Waals surface area contributed by atoms with Crippen molar-refractivity contribution in [1.82, 2.24) is 24.9 Å². The number of anilines is 1. The van der Waals surface area contributed by atoms with Gasteiger partial charge in [0.2, 0.25) is 5.82 Å². The number of aryl methyl sites for hydroxylation is 1. The quantitative estimate of drug-likeness (QED) is 0.724. The molecule has 1 N–H and O–H groups in total. The Hall–Kier alpha value is -3.49. The number of nitrogens with one attached hydrogen (secondary N) is 1. The van der Waals surface area contributed by atoms with Crippen LogP contribution in [-0.2, 0) is 4.79 Å². The largest absolute Gasteiger partial charge is 0.477 e. The van der Waals surface area contributed by atoms with Crippen LogP contribution in [0.25, 0.3) is 5.78 Å². The third-order valence-corrected chi connectivity index (χ3v) is 4.18. The first-order valence-electron chi connectivity index (χ1n) is 8.06. The summed E-state index contributed by atoms with van der Waals surface area (Å²) in [5.74, 6) is 0.0907. The van der Waals surface area contributed by atoms with Gasteiger partial charge in [0, 0.05) is 18.9 Å². The van der Waals surface area contributed by atoms with E-state index >= 15 is 0 Å². The lowest BCUT2D eigenvalue weighted by atomic mass is 10.1. The highest BCUT2D eigenvalue weighted by atomic mass is 16.5. The molecule has 0 saturated carbocycles. The summed E-state index contributed by atoms with van der Waals surface area (Å²) in [6.45, 7) is 1.92. The number of nitrogens with zero attached hydrogens (tertiary/aromatic N) is 5. The highest BCUT2D eigenvalue weighted by Crippen LogP contribution is 2.33. The van der Waals surface area contributed by atoms with E-state index in [2.05, 4.69) is 20.4 Å². The van der Waals surface area contributed by atoms with Crippen LogP contribution in [0.2, 0.25) is 0 Å². The van der Waals surface area contributed by atoms with Crippen LogP contribution in [0, 0.1) is 6.92 Å². The van der Waals surface area contributed by atoms with Crippen LogP contribution in [0.4, 0.5) is 5.69 Å². The van der Waals surface area contributed by atoms with E-state index in [1.165, 1.54) is 16.5 Å². The monoisotopic (exact) mass is 352 g/mol. The minimum atomic E-state index is -0.809. The van der Waals surface area contributed by atoms with Crippen molar-refractivity contribution >= 4 is 23.3 Å². The SMILES string of the molecule is CNC(=O)C1CN(C(=O)c2nc3nccc(C)n3n2)c2ccccc2O1. The third kappa shape index (κ3) is 2.53. The van der Waals surface area contributed by atoms with Crippen LogP contribution in [0.3, 0.4) is 0 Å². The van der Waals surface area contributed by atoms with Crippen LogP contribution in [0.1, 0.15) is 16.3 Å². The maximum absolute atomic E-state index is 13.1. The number of carbonyl (C=O) groups is 2. The van der Waals surface area contributed by atoms with Crippen molar-refractivity contribution < 1.29 is 14.3 Å². The number of hydrogen-bond donors (Lipinski definition) is 1. The second kappa shape index (κ2) is 6.10. The summed E-state index contributed by atoms with van der Waals surface area (Å²) in [4.78, 5) is 34.9. The molecule has 9 nitrogen and oxygen atoms in total. The number of para-hydroxylation sites is 2. The van der Waals surface area contributed by atoms with Crippen LogP contribution in [0.5, 0.6) is 5.75 Å². The van der Waals surface area contributed by atoms with Gasteiger partial charge >= 0.3 is 0 Å². The van der Waals surface area contributed by atoms with Crippen LogP contribution in [0.15, 0.2) is 36.5 Å². The van der Waals surface area contributed by atoms with Gasteiger partial charge in [0.1, 0.15) is 5.75 Å². The van der Waals surface area contributed by atoms with Gasteiger partial charge in [-0.05, 0) is 25.1 Å². The maximum atomic E-state index is 13.1. The van der Waals surface area contributed by atoms with Crippen molar-refractivity contribution in [3.8, 4) is 5.75 Å². The molecule has 0 aliphatic carbocycles. The highest BCUT2D eigenvalue weighted by molar-refractivity contribution is 6.05. The number of hydrogen-bond acceptors (Lipinski definition) is 6. The Labute approximate surface area is 148 Å². The van der Waals surface area contributed by atoms with E-state index in [0.29, 0.717) is 17.2 Å². The number of benzene rings is 1.